The van der Waals surface area contributed by atoms with Gasteiger partial charge in [0.1, 0.15) is 0 Å². The van der Waals surface area contributed by atoms with E-state index in [9.17, 15) is 15.2 Å². The molecule has 0 bridgehead atoms. The van der Waals surface area contributed by atoms with Gasteiger partial charge in [0.05, 0.1) is 11.0 Å². The number of aliphatic hydroxyl groups excluding tert-OH is 1. The molecule has 0 amide bonds. The minimum Gasteiger partial charge on any atom is -0.388 e. The van der Waals surface area contributed by atoms with Crippen LogP contribution in [0, 0.1) is 10.1 Å². The zero-order valence-corrected chi connectivity index (χ0v) is 11.8. The molecule has 1 aromatic rings. The van der Waals surface area contributed by atoms with E-state index in [0.29, 0.717) is 6.42 Å². The number of nitro groups is 1. The van der Waals surface area contributed by atoms with E-state index in [-0.39, 0.29) is 5.69 Å². The van der Waals surface area contributed by atoms with Gasteiger partial charge in [0.2, 0.25) is 0 Å². The summed E-state index contributed by atoms with van der Waals surface area (Å²) in [7, 11) is 0. The maximum atomic E-state index is 10.5. The largest absolute Gasteiger partial charge is 0.388 e. The molecule has 1 atom stereocenters. The summed E-state index contributed by atoms with van der Waals surface area (Å²) in [5.74, 6) is 0. The highest BCUT2D eigenvalue weighted by molar-refractivity contribution is 9.09. The molecule has 0 saturated heterocycles. The Morgan fingerprint density at radius 2 is 1.78 bits per heavy atom. The van der Waals surface area contributed by atoms with Crippen molar-refractivity contribution in [2.45, 2.75) is 38.2 Å². The second kappa shape index (κ2) is 8.21. The van der Waals surface area contributed by atoms with Gasteiger partial charge in [-0.1, -0.05) is 35.2 Å². The lowest BCUT2D eigenvalue weighted by atomic mass is 10.0. The van der Waals surface area contributed by atoms with E-state index >= 15 is 0 Å². The highest BCUT2D eigenvalue weighted by Gasteiger charge is 2.10. The van der Waals surface area contributed by atoms with Crippen molar-refractivity contribution in [1.29, 1.82) is 0 Å². The molecule has 1 N–H and O–H groups in total. The van der Waals surface area contributed by atoms with E-state index in [4.69, 9.17) is 0 Å². The monoisotopic (exact) mass is 315 g/mol. The Hall–Kier alpha value is -0.940. The number of aliphatic hydroxyl groups is 1. The summed E-state index contributed by atoms with van der Waals surface area (Å²) in [6.07, 6.45) is 4.60. The Bertz CT molecular complexity index is 367. The van der Waals surface area contributed by atoms with Crippen molar-refractivity contribution in [3.05, 3.63) is 39.9 Å². The molecule has 0 aliphatic rings. The van der Waals surface area contributed by atoms with Crippen LogP contribution in [0.1, 0.15) is 43.8 Å². The van der Waals surface area contributed by atoms with Crippen molar-refractivity contribution in [1.82, 2.24) is 0 Å². The fraction of sp³-hybridized carbons (Fsp3) is 0.538. The predicted octanol–water partition coefficient (Wildman–Crippen LogP) is 3.97. The van der Waals surface area contributed by atoms with Crippen LogP contribution in [-0.2, 0) is 0 Å². The number of benzene rings is 1. The summed E-state index contributed by atoms with van der Waals surface area (Å²) in [5, 5.41) is 21.4. The van der Waals surface area contributed by atoms with Crippen LogP contribution in [0.4, 0.5) is 5.69 Å². The topological polar surface area (TPSA) is 63.4 Å². The molecule has 0 saturated carbocycles. The van der Waals surface area contributed by atoms with E-state index in [2.05, 4.69) is 15.9 Å². The molecule has 0 aliphatic carbocycles. The summed E-state index contributed by atoms with van der Waals surface area (Å²) in [4.78, 5) is 10.1. The first-order valence-electron chi connectivity index (χ1n) is 6.13. The van der Waals surface area contributed by atoms with Gasteiger partial charge in [-0.05, 0) is 30.5 Å². The van der Waals surface area contributed by atoms with E-state index in [0.717, 1.165) is 36.6 Å². The molecule has 5 heteroatoms. The molecule has 1 rings (SSSR count). The van der Waals surface area contributed by atoms with Crippen molar-refractivity contribution in [2.75, 3.05) is 5.33 Å². The van der Waals surface area contributed by atoms with Crippen LogP contribution >= 0.6 is 15.9 Å². The van der Waals surface area contributed by atoms with Crippen molar-refractivity contribution < 1.29 is 10.0 Å². The van der Waals surface area contributed by atoms with Crippen molar-refractivity contribution >= 4 is 21.6 Å². The number of nitro benzene ring substituents is 1. The van der Waals surface area contributed by atoms with Crippen LogP contribution in [-0.4, -0.2) is 15.4 Å². The van der Waals surface area contributed by atoms with E-state index in [1.54, 1.807) is 12.1 Å². The quantitative estimate of drug-likeness (QED) is 0.341. The number of alkyl halides is 1. The van der Waals surface area contributed by atoms with Gasteiger partial charge in [0, 0.05) is 17.5 Å². The number of unbranched alkanes of at least 4 members (excludes halogenated alkanes) is 3. The zero-order valence-electron chi connectivity index (χ0n) is 10.2. The molecular formula is C13H18BrNO3. The van der Waals surface area contributed by atoms with Crippen LogP contribution in [0.2, 0.25) is 0 Å². The SMILES string of the molecule is O=[N+]([O-])c1ccc(C(O)CCCCCCBr)cc1. The normalized spacial score (nSPS) is 12.3. The highest BCUT2D eigenvalue weighted by Crippen LogP contribution is 2.22. The van der Waals surface area contributed by atoms with Crippen LogP contribution in [0.5, 0.6) is 0 Å². The van der Waals surface area contributed by atoms with Gasteiger partial charge in [0.15, 0.2) is 0 Å². The van der Waals surface area contributed by atoms with Gasteiger partial charge in [-0.25, -0.2) is 0 Å². The zero-order chi connectivity index (χ0) is 13.4. The van der Waals surface area contributed by atoms with E-state index in [1.165, 1.54) is 12.1 Å². The summed E-state index contributed by atoms with van der Waals surface area (Å²) >= 11 is 3.38. The predicted molar refractivity (Wildman–Crippen MR) is 74.9 cm³/mol. The fourth-order valence-electron chi connectivity index (χ4n) is 1.77. The Morgan fingerprint density at radius 3 is 2.33 bits per heavy atom. The third-order valence-electron chi connectivity index (χ3n) is 2.85. The molecule has 1 unspecified atom stereocenters. The Morgan fingerprint density at radius 1 is 1.17 bits per heavy atom. The Balaban J connectivity index is 2.37. The number of rotatable bonds is 8. The Labute approximate surface area is 115 Å². The molecule has 4 nitrogen and oxygen atoms in total. The Kier molecular flexibility index (Phi) is 6.90. The molecule has 0 radical (unpaired) electrons. The standard InChI is InChI=1S/C13H18BrNO3/c14-10-4-2-1-3-5-13(16)11-6-8-12(9-7-11)15(17)18/h6-9,13,16H,1-5,10H2. The minimum absolute atomic E-state index is 0.0586. The smallest absolute Gasteiger partial charge is 0.269 e. The van der Waals surface area contributed by atoms with Gasteiger partial charge in [-0.2, -0.15) is 0 Å². The molecule has 0 aliphatic heterocycles. The molecule has 18 heavy (non-hydrogen) atoms. The second-order valence-corrected chi connectivity index (χ2v) is 5.05. The summed E-state index contributed by atoms with van der Waals surface area (Å²) in [5.41, 5.74) is 0.810. The van der Waals surface area contributed by atoms with Crippen molar-refractivity contribution in [2.24, 2.45) is 0 Å². The molecule has 100 valence electrons. The van der Waals surface area contributed by atoms with Crippen LogP contribution < -0.4 is 0 Å². The first kappa shape index (κ1) is 15.1. The van der Waals surface area contributed by atoms with E-state index < -0.39 is 11.0 Å². The first-order chi connectivity index (χ1) is 8.65. The molecular weight excluding hydrogens is 298 g/mol. The lowest BCUT2D eigenvalue weighted by Crippen LogP contribution is -1.98. The molecule has 0 heterocycles. The number of halogens is 1. The summed E-state index contributed by atoms with van der Waals surface area (Å²) < 4.78 is 0. The average molecular weight is 316 g/mol. The van der Waals surface area contributed by atoms with Crippen LogP contribution in [0.25, 0.3) is 0 Å². The number of hydrogen-bond donors (Lipinski definition) is 1. The molecule has 0 aromatic heterocycles. The third kappa shape index (κ3) is 5.14. The summed E-state index contributed by atoms with van der Waals surface area (Å²) in [6.45, 7) is 0. The maximum absolute atomic E-state index is 10.5. The van der Waals surface area contributed by atoms with Gasteiger partial charge >= 0.3 is 0 Å². The van der Waals surface area contributed by atoms with Gasteiger partial charge < -0.3 is 5.11 Å². The first-order valence-corrected chi connectivity index (χ1v) is 7.25. The van der Waals surface area contributed by atoms with Crippen LogP contribution in [0.15, 0.2) is 24.3 Å². The molecule has 0 fully saturated rings. The number of non-ortho nitro benzene ring substituents is 1. The summed E-state index contributed by atoms with van der Waals surface area (Å²) in [6, 6.07) is 6.12. The van der Waals surface area contributed by atoms with Gasteiger partial charge in [-0.15, -0.1) is 0 Å². The minimum atomic E-state index is -0.519. The van der Waals surface area contributed by atoms with Crippen LogP contribution in [0.3, 0.4) is 0 Å². The molecule has 0 spiro atoms. The third-order valence-corrected chi connectivity index (χ3v) is 3.41. The second-order valence-electron chi connectivity index (χ2n) is 4.26. The van der Waals surface area contributed by atoms with Crippen molar-refractivity contribution in [3.63, 3.8) is 0 Å². The van der Waals surface area contributed by atoms with E-state index in [1.807, 2.05) is 0 Å². The van der Waals surface area contributed by atoms with Crippen molar-refractivity contribution in [3.8, 4) is 0 Å². The van der Waals surface area contributed by atoms with Gasteiger partial charge in [-0.3, -0.25) is 10.1 Å². The lowest BCUT2D eigenvalue weighted by molar-refractivity contribution is -0.384. The number of hydrogen-bond acceptors (Lipinski definition) is 3. The maximum Gasteiger partial charge on any atom is 0.269 e. The lowest BCUT2D eigenvalue weighted by Gasteiger charge is -2.10. The highest BCUT2D eigenvalue weighted by atomic mass is 79.9. The number of nitrogens with zero attached hydrogens (tertiary/aromatic N) is 1. The fourth-order valence-corrected chi connectivity index (χ4v) is 2.17. The molecule has 1 aromatic carbocycles. The average Bonchev–Trinajstić information content (AvgIpc) is 2.38. The van der Waals surface area contributed by atoms with Gasteiger partial charge in [0.25, 0.3) is 5.69 Å².